The van der Waals surface area contributed by atoms with Crippen LogP contribution in [-0.4, -0.2) is 48.1 Å². The van der Waals surface area contributed by atoms with Crippen molar-refractivity contribution >= 4 is 11.8 Å². The third-order valence-corrected chi connectivity index (χ3v) is 5.78. The van der Waals surface area contributed by atoms with Gasteiger partial charge >= 0.3 is 5.97 Å². The van der Waals surface area contributed by atoms with Crippen molar-refractivity contribution in [1.82, 2.24) is 20.8 Å². The summed E-state index contributed by atoms with van der Waals surface area (Å²) in [6, 6.07) is 6.68. The van der Waals surface area contributed by atoms with Crippen molar-refractivity contribution in [3.05, 3.63) is 58.9 Å². The second-order valence-electron chi connectivity index (χ2n) is 7.83. The number of esters is 1. The number of ether oxygens (including phenoxy) is 1. The third-order valence-electron chi connectivity index (χ3n) is 5.78. The summed E-state index contributed by atoms with van der Waals surface area (Å²) in [6.07, 6.45) is 2.14. The number of ketones is 1. The van der Waals surface area contributed by atoms with Crippen molar-refractivity contribution in [1.29, 1.82) is 0 Å². The van der Waals surface area contributed by atoms with E-state index in [0.717, 1.165) is 0 Å². The zero-order valence-electron chi connectivity index (χ0n) is 18.0. The molecule has 0 atom stereocenters. The molecule has 1 aromatic heterocycles. The van der Waals surface area contributed by atoms with Gasteiger partial charge < -0.3 is 19.9 Å². The second kappa shape index (κ2) is 9.04. The highest BCUT2D eigenvalue weighted by molar-refractivity contribution is 6.12. The van der Waals surface area contributed by atoms with Gasteiger partial charge in [-0.3, -0.25) is 9.59 Å². The van der Waals surface area contributed by atoms with Gasteiger partial charge in [-0.15, -0.1) is 0 Å². The molecule has 1 aromatic carbocycles. The van der Waals surface area contributed by atoms with Crippen molar-refractivity contribution in [2.45, 2.75) is 26.7 Å². The number of halogens is 1. The predicted molar refractivity (Wildman–Crippen MR) is 114 cm³/mol. The molecule has 0 aliphatic carbocycles. The Bertz CT molecular complexity index is 1080. The summed E-state index contributed by atoms with van der Waals surface area (Å²) < 4.78 is 24.6. The lowest BCUT2D eigenvalue weighted by molar-refractivity contribution is -0.154. The number of aromatic nitrogens is 2. The quantitative estimate of drug-likeness (QED) is 0.522. The number of hydrogen-bond donors (Lipinski definition) is 2. The van der Waals surface area contributed by atoms with Crippen molar-refractivity contribution < 1.29 is 23.2 Å². The summed E-state index contributed by atoms with van der Waals surface area (Å²) in [5.74, 6) is -0.380. The summed E-state index contributed by atoms with van der Waals surface area (Å²) in [4.78, 5) is 30.7. The molecule has 2 aromatic rings. The summed E-state index contributed by atoms with van der Waals surface area (Å²) >= 11 is 0. The minimum atomic E-state index is -1.02. The fourth-order valence-corrected chi connectivity index (χ4v) is 4.18. The van der Waals surface area contributed by atoms with Crippen LogP contribution < -0.4 is 10.6 Å². The van der Waals surface area contributed by atoms with Gasteiger partial charge in [-0.05, 0) is 38.9 Å². The van der Waals surface area contributed by atoms with E-state index in [1.165, 1.54) is 6.08 Å². The third kappa shape index (κ3) is 4.08. The maximum Gasteiger partial charge on any atom is 0.318 e. The van der Waals surface area contributed by atoms with E-state index in [1.54, 1.807) is 38.1 Å². The van der Waals surface area contributed by atoms with Gasteiger partial charge in [0.05, 0.1) is 13.2 Å². The summed E-state index contributed by atoms with van der Waals surface area (Å²) in [5.41, 5.74) is 0.610. The Balaban J connectivity index is 1.74. The zero-order valence-corrected chi connectivity index (χ0v) is 18.0. The Morgan fingerprint density at radius 2 is 1.94 bits per heavy atom. The van der Waals surface area contributed by atoms with Gasteiger partial charge in [-0.25, -0.2) is 4.39 Å². The first-order chi connectivity index (χ1) is 15.4. The van der Waals surface area contributed by atoms with E-state index in [4.69, 9.17) is 9.26 Å². The van der Waals surface area contributed by atoms with Crippen LogP contribution in [0.5, 0.6) is 0 Å². The van der Waals surface area contributed by atoms with Crippen LogP contribution in [0.4, 0.5) is 4.39 Å². The van der Waals surface area contributed by atoms with Crippen LogP contribution in [0.1, 0.15) is 36.0 Å². The number of nitrogens with zero attached hydrogens (tertiary/aromatic N) is 2. The molecular formula is C23H25FN4O4. The number of allylic oxidation sites excluding steroid dienone is 2. The van der Waals surface area contributed by atoms with Crippen LogP contribution in [0.15, 0.2) is 52.0 Å². The van der Waals surface area contributed by atoms with Gasteiger partial charge in [0.15, 0.2) is 5.78 Å². The first-order valence-electron chi connectivity index (χ1n) is 10.6. The Morgan fingerprint density at radius 1 is 1.22 bits per heavy atom. The number of benzene rings is 1. The van der Waals surface area contributed by atoms with Gasteiger partial charge in [0.1, 0.15) is 11.2 Å². The molecule has 0 amide bonds. The molecule has 1 saturated heterocycles. The lowest BCUT2D eigenvalue weighted by Gasteiger charge is -2.39. The predicted octanol–water partition coefficient (Wildman–Crippen LogP) is 2.87. The van der Waals surface area contributed by atoms with Crippen molar-refractivity contribution in [3.8, 4) is 11.4 Å². The van der Waals surface area contributed by atoms with E-state index >= 15 is 0 Å². The standard InChI is InChI=1S/C23H25FN4O4/c1-3-31-22(30)23(8-10-25-11-9-23)20-18(12-17(24)13-26-20)19(29)15-4-6-16(7-5-15)21-27-14(2)32-28-21/h4-7,12,25-26H,3,8-11,13H2,1-2H3. The topological polar surface area (TPSA) is 106 Å². The van der Waals surface area contributed by atoms with E-state index in [-0.39, 0.29) is 24.5 Å². The first-order valence-corrected chi connectivity index (χ1v) is 10.6. The Labute approximate surface area is 184 Å². The molecule has 4 rings (SSSR count). The number of piperidine rings is 1. The smallest absolute Gasteiger partial charge is 0.318 e. The lowest BCUT2D eigenvalue weighted by atomic mass is 9.73. The maximum absolute atomic E-state index is 14.3. The molecule has 2 N–H and O–H groups in total. The average molecular weight is 440 g/mol. The highest BCUT2D eigenvalue weighted by Crippen LogP contribution is 2.41. The van der Waals surface area contributed by atoms with Crippen LogP contribution in [0.3, 0.4) is 0 Å². The maximum atomic E-state index is 14.3. The minimum absolute atomic E-state index is 0.0726. The lowest BCUT2D eigenvalue weighted by Crippen LogP contribution is -2.49. The van der Waals surface area contributed by atoms with Gasteiger partial charge in [0, 0.05) is 29.3 Å². The van der Waals surface area contributed by atoms with Crippen LogP contribution in [0.25, 0.3) is 11.4 Å². The Kier molecular flexibility index (Phi) is 6.18. The van der Waals surface area contributed by atoms with E-state index < -0.39 is 17.2 Å². The molecule has 3 heterocycles. The highest BCUT2D eigenvalue weighted by Gasteiger charge is 2.47. The van der Waals surface area contributed by atoms with Crippen molar-refractivity contribution in [2.75, 3.05) is 26.2 Å². The van der Waals surface area contributed by atoms with Gasteiger partial charge in [-0.1, -0.05) is 29.4 Å². The van der Waals surface area contributed by atoms with E-state index in [2.05, 4.69) is 20.8 Å². The number of hydrogen-bond acceptors (Lipinski definition) is 8. The van der Waals surface area contributed by atoms with E-state index in [1.807, 2.05) is 0 Å². The number of carbonyl (C=O) groups is 2. The number of dihydropyridines is 1. The van der Waals surface area contributed by atoms with Crippen LogP contribution in [-0.2, 0) is 9.53 Å². The molecule has 0 spiro atoms. The Hall–Kier alpha value is -3.33. The van der Waals surface area contributed by atoms with Gasteiger partial charge in [0.2, 0.25) is 11.7 Å². The number of nitrogens with one attached hydrogen (secondary N) is 2. The summed E-state index contributed by atoms with van der Waals surface area (Å²) in [6.45, 7) is 4.78. The zero-order chi connectivity index (χ0) is 22.7. The number of Topliss-reactive ketones (excluding diaryl/α,β-unsaturated/α-hetero) is 1. The van der Waals surface area contributed by atoms with Crippen LogP contribution in [0.2, 0.25) is 0 Å². The number of rotatable bonds is 6. The monoisotopic (exact) mass is 440 g/mol. The number of aryl methyl sites for hydroxylation is 1. The van der Waals surface area contributed by atoms with Crippen LogP contribution in [0, 0.1) is 12.3 Å². The summed E-state index contributed by atoms with van der Waals surface area (Å²) in [7, 11) is 0. The first kappa shape index (κ1) is 21.9. The van der Waals surface area contributed by atoms with Gasteiger partial charge in [0.25, 0.3) is 0 Å². The molecule has 0 bridgehead atoms. The minimum Gasteiger partial charge on any atom is -0.465 e. The fraction of sp³-hybridized carbons (Fsp3) is 0.391. The molecule has 0 saturated carbocycles. The molecule has 2 aliphatic rings. The molecule has 0 radical (unpaired) electrons. The average Bonchev–Trinajstić information content (AvgIpc) is 3.25. The molecule has 2 aliphatic heterocycles. The largest absolute Gasteiger partial charge is 0.465 e. The molecular weight excluding hydrogens is 415 g/mol. The van der Waals surface area contributed by atoms with Crippen molar-refractivity contribution in [3.63, 3.8) is 0 Å². The molecule has 32 heavy (non-hydrogen) atoms. The van der Waals surface area contributed by atoms with Crippen molar-refractivity contribution in [2.24, 2.45) is 5.41 Å². The molecule has 1 fully saturated rings. The van der Waals surface area contributed by atoms with Gasteiger partial charge in [-0.2, -0.15) is 4.98 Å². The molecule has 168 valence electrons. The van der Waals surface area contributed by atoms with E-state index in [9.17, 15) is 14.0 Å². The Morgan fingerprint density at radius 3 is 2.56 bits per heavy atom. The second-order valence-corrected chi connectivity index (χ2v) is 7.83. The molecule has 0 unspecified atom stereocenters. The normalized spacial score (nSPS) is 18.0. The van der Waals surface area contributed by atoms with Crippen LogP contribution >= 0.6 is 0 Å². The SMILES string of the molecule is CCOC(=O)C1(C2=C(C(=O)c3ccc(-c4noc(C)n4)cc3)C=C(F)CN2)CCNCC1. The molecule has 8 nitrogen and oxygen atoms in total. The fourth-order valence-electron chi connectivity index (χ4n) is 4.18. The molecule has 9 heteroatoms. The highest BCUT2D eigenvalue weighted by atomic mass is 19.1. The number of carbonyl (C=O) groups excluding carboxylic acids is 2. The summed E-state index contributed by atoms with van der Waals surface area (Å²) in [5, 5.41) is 10.1. The van der Waals surface area contributed by atoms with E-state index in [0.29, 0.717) is 54.5 Å².